The highest BCUT2D eigenvalue weighted by atomic mass is 35.5. The molecule has 1 fully saturated rings. The minimum Gasteiger partial charge on any atom is -0.245 e. The van der Waals surface area contributed by atoms with E-state index in [9.17, 15) is 0 Å². The topological polar surface area (TPSA) is 12.9 Å². The van der Waals surface area contributed by atoms with Crippen molar-refractivity contribution in [3.8, 4) is 0 Å². The summed E-state index contributed by atoms with van der Waals surface area (Å²) in [6.45, 7) is 0. The molecule has 1 nitrogen and oxygen atoms in total. The first kappa shape index (κ1) is 11.6. The molecule has 3 rings (SSSR count). The zero-order valence-corrected chi connectivity index (χ0v) is 11.6. The van der Waals surface area contributed by atoms with Gasteiger partial charge in [-0.3, -0.25) is 0 Å². The second-order valence-corrected chi connectivity index (χ2v) is 6.61. The number of hydrogen-bond acceptors (Lipinski definition) is 3. The highest BCUT2D eigenvalue weighted by Crippen LogP contribution is 2.40. The third-order valence-electron chi connectivity index (χ3n) is 2.72. The van der Waals surface area contributed by atoms with Crippen LogP contribution in [0.4, 0.5) is 0 Å². The van der Waals surface area contributed by atoms with Gasteiger partial charge < -0.3 is 0 Å². The van der Waals surface area contributed by atoms with E-state index in [4.69, 9.17) is 11.6 Å². The SMILES string of the molecule is Clc1cccc(SCc2nc(C3CC3)cs2)c1. The molecule has 2 aromatic rings. The first-order chi connectivity index (χ1) is 8.31. The number of nitrogens with zero attached hydrogens (tertiary/aromatic N) is 1. The van der Waals surface area contributed by atoms with Crippen LogP contribution in [0.25, 0.3) is 0 Å². The summed E-state index contributed by atoms with van der Waals surface area (Å²) in [6.07, 6.45) is 2.65. The van der Waals surface area contributed by atoms with Crippen LogP contribution < -0.4 is 0 Å². The highest BCUT2D eigenvalue weighted by molar-refractivity contribution is 7.98. The number of benzene rings is 1. The van der Waals surface area contributed by atoms with E-state index in [-0.39, 0.29) is 0 Å². The van der Waals surface area contributed by atoms with Crippen molar-refractivity contribution >= 4 is 34.7 Å². The van der Waals surface area contributed by atoms with Crippen molar-refractivity contribution in [2.24, 2.45) is 0 Å². The van der Waals surface area contributed by atoms with E-state index in [2.05, 4.69) is 16.4 Å². The molecule has 0 N–H and O–H groups in total. The van der Waals surface area contributed by atoms with Gasteiger partial charge in [0, 0.05) is 21.2 Å². The molecule has 0 bridgehead atoms. The van der Waals surface area contributed by atoms with Crippen LogP contribution in [-0.2, 0) is 5.75 Å². The lowest BCUT2D eigenvalue weighted by Crippen LogP contribution is -1.82. The minimum absolute atomic E-state index is 0.760. The Hall–Kier alpha value is -0.510. The fraction of sp³-hybridized carbons (Fsp3) is 0.308. The van der Waals surface area contributed by atoms with Crippen LogP contribution in [0.3, 0.4) is 0 Å². The summed E-state index contributed by atoms with van der Waals surface area (Å²) in [5.74, 6) is 1.70. The third-order valence-corrected chi connectivity index (χ3v) is 5.01. The molecule has 1 aliphatic carbocycles. The summed E-state index contributed by atoms with van der Waals surface area (Å²) >= 11 is 9.53. The molecule has 1 aromatic carbocycles. The molecule has 88 valence electrons. The van der Waals surface area contributed by atoms with Crippen molar-refractivity contribution in [3.05, 3.63) is 45.4 Å². The first-order valence-electron chi connectivity index (χ1n) is 5.64. The van der Waals surface area contributed by atoms with Gasteiger partial charge in [0.15, 0.2) is 0 Å². The summed E-state index contributed by atoms with van der Waals surface area (Å²) in [6, 6.07) is 7.98. The van der Waals surface area contributed by atoms with Gasteiger partial charge in [0.05, 0.1) is 11.4 Å². The Bertz CT molecular complexity index is 520. The molecule has 0 saturated heterocycles. The smallest absolute Gasteiger partial charge is 0.103 e. The Morgan fingerprint density at radius 2 is 2.29 bits per heavy atom. The average molecular weight is 282 g/mol. The Kier molecular flexibility index (Phi) is 3.41. The van der Waals surface area contributed by atoms with Crippen LogP contribution in [0.5, 0.6) is 0 Å². The number of thiazole rings is 1. The Morgan fingerprint density at radius 3 is 3.06 bits per heavy atom. The van der Waals surface area contributed by atoms with E-state index >= 15 is 0 Å². The van der Waals surface area contributed by atoms with E-state index in [1.165, 1.54) is 28.4 Å². The molecular weight excluding hydrogens is 270 g/mol. The maximum absolute atomic E-state index is 5.95. The molecule has 0 amide bonds. The molecule has 1 heterocycles. The van der Waals surface area contributed by atoms with E-state index < -0.39 is 0 Å². The lowest BCUT2D eigenvalue weighted by atomic mass is 10.3. The van der Waals surface area contributed by atoms with Gasteiger partial charge in [0.2, 0.25) is 0 Å². The predicted molar refractivity (Wildman–Crippen MR) is 75.1 cm³/mol. The van der Waals surface area contributed by atoms with Gasteiger partial charge >= 0.3 is 0 Å². The molecule has 0 unspecified atom stereocenters. The largest absolute Gasteiger partial charge is 0.245 e. The van der Waals surface area contributed by atoms with Gasteiger partial charge in [0.1, 0.15) is 5.01 Å². The normalized spacial score (nSPS) is 15.1. The zero-order chi connectivity index (χ0) is 11.7. The van der Waals surface area contributed by atoms with Gasteiger partial charge in [-0.05, 0) is 31.0 Å². The number of hydrogen-bond donors (Lipinski definition) is 0. The molecule has 0 aliphatic heterocycles. The zero-order valence-electron chi connectivity index (χ0n) is 9.23. The molecule has 0 radical (unpaired) electrons. The molecular formula is C13H12ClNS2. The lowest BCUT2D eigenvalue weighted by Gasteiger charge is -1.99. The minimum atomic E-state index is 0.760. The fourth-order valence-corrected chi connectivity index (χ4v) is 3.76. The Morgan fingerprint density at radius 1 is 1.41 bits per heavy atom. The summed E-state index contributed by atoms with van der Waals surface area (Å²) in [5.41, 5.74) is 1.30. The average Bonchev–Trinajstić information content (AvgIpc) is 3.07. The molecule has 17 heavy (non-hydrogen) atoms. The second-order valence-electron chi connectivity index (χ2n) is 4.19. The highest BCUT2D eigenvalue weighted by Gasteiger charge is 2.25. The van der Waals surface area contributed by atoms with E-state index in [1.807, 2.05) is 18.2 Å². The fourth-order valence-electron chi connectivity index (χ4n) is 1.66. The third kappa shape index (κ3) is 3.03. The van der Waals surface area contributed by atoms with Crippen molar-refractivity contribution in [1.82, 2.24) is 4.98 Å². The van der Waals surface area contributed by atoms with E-state index in [0.717, 1.165) is 16.7 Å². The first-order valence-corrected chi connectivity index (χ1v) is 7.88. The van der Waals surface area contributed by atoms with Crippen LogP contribution in [0, 0.1) is 0 Å². The van der Waals surface area contributed by atoms with Crippen molar-refractivity contribution < 1.29 is 0 Å². The van der Waals surface area contributed by atoms with Crippen molar-refractivity contribution in [2.75, 3.05) is 0 Å². The molecule has 4 heteroatoms. The molecule has 1 saturated carbocycles. The van der Waals surface area contributed by atoms with E-state index in [0.29, 0.717) is 0 Å². The van der Waals surface area contributed by atoms with Crippen molar-refractivity contribution in [2.45, 2.75) is 29.4 Å². The van der Waals surface area contributed by atoms with Crippen molar-refractivity contribution in [3.63, 3.8) is 0 Å². The van der Waals surface area contributed by atoms with Crippen LogP contribution in [0.2, 0.25) is 5.02 Å². The number of rotatable bonds is 4. The summed E-state index contributed by atoms with van der Waals surface area (Å²) in [5, 5.41) is 4.23. The van der Waals surface area contributed by atoms with Gasteiger partial charge in [-0.2, -0.15) is 0 Å². The van der Waals surface area contributed by atoms with Gasteiger partial charge in [0.25, 0.3) is 0 Å². The maximum atomic E-state index is 5.95. The lowest BCUT2D eigenvalue weighted by molar-refractivity contribution is 1.03. The van der Waals surface area contributed by atoms with Gasteiger partial charge in [-0.25, -0.2) is 4.98 Å². The molecule has 0 spiro atoms. The molecule has 0 atom stereocenters. The maximum Gasteiger partial charge on any atom is 0.103 e. The summed E-state index contributed by atoms with van der Waals surface area (Å²) in [4.78, 5) is 5.88. The second kappa shape index (κ2) is 5.01. The molecule has 1 aliphatic rings. The number of aromatic nitrogens is 1. The summed E-state index contributed by atoms with van der Waals surface area (Å²) < 4.78 is 0. The Balaban J connectivity index is 1.62. The quantitative estimate of drug-likeness (QED) is 0.734. The van der Waals surface area contributed by atoms with Crippen molar-refractivity contribution in [1.29, 1.82) is 0 Å². The number of halogens is 1. The number of thioether (sulfide) groups is 1. The predicted octanol–water partition coefficient (Wildman–Crippen LogP) is 4.97. The Labute approximate surface area is 114 Å². The standard InChI is InChI=1S/C13H12ClNS2/c14-10-2-1-3-11(6-10)16-8-13-15-12(7-17-13)9-4-5-9/h1-3,6-7,9H,4-5,8H2. The monoisotopic (exact) mass is 281 g/mol. The van der Waals surface area contributed by atoms with Crippen LogP contribution in [0.1, 0.15) is 29.5 Å². The van der Waals surface area contributed by atoms with E-state index in [1.54, 1.807) is 23.1 Å². The van der Waals surface area contributed by atoms with Gasteiger partial charge in [-0.15, -0.1) is 23.1 Å². The van der Waals surface area contributed by atoms with Crippen LogP contribution >= 0.6 is 34.7 Å². The van der Waals surface area contributed by atoms with Crippen LogP contribution in [0.15, 0.2) is 34.5 Å². The molecule has 1 aromatic heterocycles. The summed E-state index contributed by atoms with van der Waals surface area (Å²) in [7, 11) is 0. The van der Waals surface area contributed by atoms with Gasteiger partial charge in [-0.1, -0.05) is 17.7 Å². The van der Waals surface area contributed by atoms with Crippen LogP contribution in [-0.4, -0.2) is 4.98 Å².